The van der Waals surface area contributed by atoms with Gasteiger partial charge in [-0.2, -0.15) is 0 Å². The summed E-state index contributed by atoms with van der Waals surface area (Å²) in [4.78, 5) is -0.118. The Labute approximate surface area is 154 Å². The molecule has 140 valence electrons. The van der Waals surface area contributed by atoms with E-state index in [2.05, 4.69) is 9.44 Å². The lowest BCUT2D eigenvalue weighted by Crippen LogP contribution is -2.28. The summed E-state index contributed by atoms with van der Waals surface area (Å²) in [7, 11) is -7.57. The SMILES string of the molecule is Cc1ccccc1C(C)NS(=O)(=O)c1cccc(S(=O)(=O)NC2CC2)c1. The van der Waals surface area contributed by atoms with Crippen molar-refractivity contribution in [2.75, 3.05) is 0 Å². The first-order valence-electron chi connectivity index (χ1n) is 8.39. The van der Waals surface area contributed by atoms with Crippen molar-refractivity contribution in [1.82, 2.24) is 9.44 Å². The molecule has 2 N–H and O–H groups in total. The lowest BCUT2D eigenvalue weighted by molar-refractivity contribution is 0.566. The second-order valence-electron chi connectivity index (χ2n) is 6.57. The fourth-order valence-electron chi connectivity index (χ4n) is 2.73. The molecule has 1 atom stereocenters. The van der Waals surface area contributed by atoms with Gasteiger partial charge in [-0.25, -0.2) is 26.3 Å². The van der Waals surface area contributed by atoms with E-state index in [1.807, 2.05) is 31.2 Å². The molecule has 8 heteroatoms. The molecule has 0 spiro atoms. The van der Waals surface area contributed by atoms with Crippen molar-refractivity contribution >= 4 is 20.0 Å². The van der Waals surface area contributed by atoms with Gasteiger partial charge < -0.3 is 0 Å². The van der Waals surface area contributed by atoms with Crippen LogP contribution < -0.4 is 9.44 Å². The first-order chi connectivity index (χ1) is 12.2. The number of benzene rings is 2. The molecule has 3 rings (SSSR count). The maximum absolute atomic E-state index is 12.7. The van der Waals surface area contributed by atoms with Gasteiger partial charge in [-0.3, -0.25) is 0 Å². The van der Waals surface area contributed by atoms with Crippen molar-refractivity contribution < 1.29 is 16.8 Å². The summed E-state index contributed by atoms with van der Waals surface area (Å²) >= 11 is 0. The predicted molar refractivity (Wildman–Crippen MR) is 99.7 cm³/mol. The van der Waals surface area contributed by atoms with Crippen LogP contribution in [-0.2, 0) is 20.0 Å². The van der Waals surface area contributed by atoms with Gasteiger partial charge >= 0.3 is 0 Å². The number of hydrogen-bond donors (Lipinski definition) is 2. The molecule has 0 aromatic heterocycles. The second-order valence-corrected chi connectivity index (χ2v) is 10.00. The smallest absolute Gasteiger partial charge is 0.208 e. The summed E-state index contributed by atoms with van der Waals surface area (Å²) in [5, 5.41) is 0. The van der Waals surface area contributed by atoms with Gasteiger partial charge in [-0.1, -0.05) is 30.3 Å². The highest BCUT2D eigenvalue weighted by Crippen LogP contribution is 2.24. The van der Waals surface area contributed by atoms with E-state index in [0.717, 1.165) is 24.0 Å². The number of aryl methyl sites for hydroxylation is 1. The van der Waals surface area contributed by atoms with E-state index in [9.17, 15) is 16.8 Å². The molecule has 1 fully saturated rings. The van der Waals surface area contributed by atoms with E-state index in [4.69, 9.17) is 0 Å². The third kappa shape index (κ3) is 4.32. The standard InChI is InChI=1S/C18H22N2O4S2/c1-13-6-3-4-9-18(13)14(2)19-25(21,22)16-7-5-8-17(12-16)26(23,24)20-15-10-11-15/h3-9,12,14-15,19-20H,10-11H2,1-2H3. The summed E-state index contributed by atoms with van der Waals surface area (Å²) in [6.45, 7) is 3.67. The van der Waals surface area contributed by atoms with Crippen LogP contribution in [0.15, 0.2) is 58.3 Å². The molecule has 2 aromatic rings. The highest BCUT2D eigenvalue weighted by molar-refractivity contribution is 7.90. The first kappa shape index (κ1) is 19.0. The van der Waals surface area contributed by atoms with Crippen LogP contribution >= 0.6 is 0 Å². The van der Waals surface area contributed by atoms with Crippen molar-refractivity contribution in [2.45, 2.75) is 48.6 Å². The van der Waals surface area contributed by atoms with E-state index in [0.29, 0.717) is 0 Å². The Morgan fingerprint density at radius 2 is 1.54 bits per heavy atom. The molecule has 1 saturated carbocycles. The van der Waals surface area contributed by atoms with Crippen molar-refractivity contribution in [3.05, 3.63) is 59.7 Å². The van der Waals surface area contributed by atoms with Gasteiger partial charge in [-0.15, -0.1) is 0 Å². The average Bonchev–Trinajstić information content (AvgIpc) is 3.38. The zero-order chi connectivity index (χ0) is 18.9. The molecule has 0 amide bonds. The van der Waals surface area contributed by atoms with Crippen LogP contribution in [0.2, 0.25) is 0 Å². The number of sulfonamides is 2. The van der Waals surface area contributed by atoms with Crippen LogP contribution in [0.4, 0.5) is 0 Å². The summed E-state index contributed by atoms with van der Waals surface area (Å²) in [6, 6.07) is 12.5. The van der Waals surface area contributed by atoms with Crippen LogP contribution in [-0.4, -0.2) is 22.9 Å². The Bertz CT molecular complexity index is 1010. The van der Waals surface area contributed by atoms with Gasteiger partial charge in [0.2, 0.25) is 20.0 Å². The Hall–Kier alpha value is -1.74. The molecule has 0 aliphatic heterocycles. The molecule has 26 heavy (non-hydrogen) atoms. The molecule has 6 nitrogen and oxygen atoms in total. The van der Waals surface area contributed by atoms with Crippen molar-refractivity contribution in [3.63, 3.8) is 0 Å². The van der Waals surface area contributed by atoms with Crippen LogP contribution in [0, 0.1) is 6.92 Å². The van der Waals surface area contributed by atoms with Crippen molar-refractivity contribution in [2.24, 2.45) is 0 Å². The predicted octanol–water partition coefficient (Wildman–Crippen LogP) is 2.48. The summed E-state index contributed by atoms with van der Waals surface area (Å²) < 4.78 is 55.3. The maximum atomic E-state index is 12.7. The highest BCUT2D eigenvalue weighted by Gasteiger charge is 2.29. The molecule has 0 saturated heterocycles. The third-order valence-corrected chi connectivity index (χ3v) is 7.37. The van der Waals surface area contributed by atoms with Gasteiger partial charge in [0.1, 0.15) is 0 Å². The van der Waals surface area contributed by atoms with Gasteiger partial charge in [0, 0.05) is 12.1 Å². The zero-order valence-electron chi connectivity index (χ0n) is 14.6. The Balaban J connectivity index is 1.85. The quantitative estimate of drug-likeness (QED) is 0.755. The maximum Gasteiger partial charge on any atom is 0.241 e. The van der Waals surface area contributed by atoms with Crippen LogP contribution in [0.25, 0.3) is 0 Å². The average molecular weight is 395 g/mol. The summed E-state index contributed by atoms with van der Waals surface area (Å²) in [5.74, 6) is 0. The third-order valence-electron chi connectivity index (χ3n) is 4.31. The molecular weight excluding hydrogens is 372 g/mol. The number of rotatable bonds is 7. The van der Waals surface area contributed by atoms with E-state index < -0.39 is 26.1 Å². The molecule has 0 radical (unpaired) electrons. The monoisotopic (exact) mass is 394 g/mol. The summed E-state index contributed by atoms with van der Waals surface area (Å²) in [6.07, 6.45) is 1.62. The van der Waals surface area contributed by atoms with Gasteiger partial charge in [0.25, 0.3) is 0 Å². The second kappa shape index (κ2) is 7.11. The van der Waals surface area contributed by atoms with Crippen LogP contribution in [0.1, 0.15) is 36.9 Å². The molecule has 0 bridgehead atoms. The van der Waals surface area contributed by atoms with Crippen molar-refractivity contribution in [1.29, 1.82) is 0 Å². The lowest BCUT2D eigenvalue weighted by Gasteiger charge is -2.17. The van der Waals surface area contributed by atoms with Gasteiger partial charge in [-0.05, 0) is 56.0 Å². The molecular formula is C18H22N2O4S2. The molecule has 1 aliphatic carbocycles. The minimum atomic E-state index is -3.86. The number of nitrogens with one attached hydrogen (secondary N) is 2. The Kier molecular flexibility index (Phi) is 5.21. The van der Waals surface area contributed by atoms with Crippen molar-refractivity contribution in [3.8, 4) is 0 Å². The molecule has 0 heterocycles. The molecule has 1 unspecified atom stereocenters. The topological polar surface area (TPSA) is 92.3 Å². The van der Waals surface area contributed by atoms with Crippen LogP contribution in [0.3, 0.4) is 0 Å². The van der Waals surface area contributed by atoms with E-state index >= 15 is 0 Å². The van der Waals surface area contributed by atoms with Gasteiger partial charge in [0.05, 0.1) is 9.79 Å². The minimum Gasteiger partial charge on any atom is -0.208 e. The Morgan fingerprint density at radius 3 is 2.15 bits per heavy atom. The number of hydrogen-bond acceptors (Lipinski definition) is 4. The fourth-order valence-corrected chi connectivity index (χ4v) is 5.43. The van der Waals surface area contributed by atoms with Gasteiger partial charge in [0.15, 0.2) is 0 Å². The fraction of sp³-hybridized carbons (Fsp3) is 0.333. The van der Waals surface area contributed by atoms with Crippen LogP contribution in [0.5, 0.6) is 0 Å². The molecule has 1 aliphatic rings. The van der Waals surface area contributed by atoms with E-state index in [1.165, 1.54) is 24.3 Å². The Morgan fingerprint density at radius 1 is 0.923 bits per heavy atom. The summed E-state index contributed by atoms with van der Waals surface area (Å²) in [5.41, 5.74) is 1.85. The van der Waals surface area contributed by atoms with E-state index in [1.54, 1.807) is 6.92 Å². The first-order valence-corrected chi connectivity index (χ1v) is 11.4. The highest BCUT2D eigenvalue weighted by atomic mass is 32.2. The molecule has 2 aromatic carbocycles. The zero-order valence-corrected chi connectivity index (χ0v) is 16.3. The lowest BCUT2D eigenvalue weighted by atomic mass is 10.0. The normalized spacial score (nSPS) is 16.4. The largest absolute Gasteiger partial charge is 0.241 e. The minimum absolute atomic E-state index is 0.0422. The van der Waals surface area contributed by atoms with E-state index in [-0.39, 0.29) is 15.8 Å².